The number of aryl methyl sites for hydroxylation is 1. The van der Waals surface area contributed by atoms with Crippen molar-refractivity contribution >= 4 is 31.9 Å². The molecule has 0 atom stereocenters. The first-order valence-corrected chi connectivity index (χ1v) is 7.76. The Hall–Kier alpha value is -0.920. The summed E-state index contributed by atoms with van der Waals surface area (Å²) in [6.45, 7) is 1.62. The molecule has 2 aromatic rings. The van der Waals surface area contributed by atoms with Gasteiger partial charge in [0.2, 0.25) is 0 Å². The second kappa shape index (κ2) is 7.19. The summed E-state index contributed by atoms with van der Waals surface area (Å²) < 4.78 is 8.88. The Balaban J connectivity index is 1.85. The van der Waals surface area contributed by atoms with Crippen LogP contribution >= 0.6 is 31.9 Å². The van der Waals surface area contributed by atoms with Gasteiger partial charge in [0.25, 0.3) is 0 Å². The Morgan fingerprint density at radius 1 is 1.30 bits per heavy atom. The lowest BCUT2D eigenvalue weighted by molar-refractivity contribution is 0.409. The predicted octanol–water partition coefficient (Wildman–Crippen LogP) is 2.68. The van der Waals surface area contributed by atoms with Gasteiger partial charge in [0.05, 0.1) is 16.1 Å². The molecule has 0 spiro atoms. The summed E-state index contributed by atoms with van der Waals surface area (Å²) in [4.78, 5) is 4.19. The third-order valence-corrected chi connectivity index (χ3v) is 3.94. The van der Waals surface area contributed by atoms with E-state index in [0.29, 0.717) is 0 Å². The van der Waals surface area contributed by atoms with Crippen LogP contribution in [-0.4, -0.2) is 28.4 Å². The molecule has 108 valence electrons. The molecule has 1 N–H and O–H groups in total. The number of halogens is 2. The summed E-state index contributed by atoms with van der Waals surface area (Å²) in [5.41, 5.74) is 1.18. The summed E-state index contributed by atoms with van der Waals surface area (Å²) in [5.74, 6) is 1.67. The van der Waals surface area contributed by atoms with E-state index in [-0.39, 0.29) is 0 Å². The van der Waals surface area contributed by atoms with Gasteiger partial charge in [-0.05, 0) is 49.6 Å². The van der Waals surface area contributed by atoms with Crippen LogP contribution in [-0.2, 0) is 20.0 Å². The molecule has 1 aromatic heterocycles. The molecular weight excluding hydrogens is 388 g/mol. The molecule has 0 aliphatic rings. The zero-order valence-electron chi connectivity index (χ0n) is 11.4. The van der Waals surface area contributed by atoms with Crippen LogP contribution in [0.4, 0.5) is 0 Å². The molecule has 0 amide bonds. The topological polar surface area (TPSA) is 52.0 Å². The maximum absolute atomic E-state index is 5.28. The standard InChI is InChI=1S/C13H16Br2N4O/c1-19-8-17-12(18-19)3-4-16-7-9-5-10(14)13(20-2)11(15)6-9/h5-6,8,16H,3-4,7H2,1-2H3. The van der Waals surface area contributed by atoms with Crippen molar-refractivity contribution < 1.29 is 4.74 Å². The molecular formula is C13H16Br2N4O. The van der Waals surface area contributed by atoms with Crippen molar-refractivity contribution in [2.45, 2.75) is 13.0 Å². The molecule has 5 nitrogen and oxygen atoms in total. The number of nitrogens with one attached hydrogen (secondary N) is 1. The number of benzene rings is 1. The Kier molecular flexibility index (Phi) is 5.56. The number of ether oxygens (including phenoxy) is 1. The highest BCUT2D eigenvalue weighted by molar-refractivity contribution is 9.11. The average Bonchev–Trinajstić information content (AvgIpc) is 2.80. The summed E-state index contributed by atoms with van der Waals surface area (Å²) >= 11 is 7.00. The lowest BCUT2D eigenvalue weighted by Gasteiger charge is -2.09. The largest absolute Gasteiger partial charge is 0.494 e. The SMILES string of the molecule is COc1c(Br)cc(CNCCc2ncn(C)n2)cc1Br. The van der Waals surface area contributed by atoms with Gasteiger partial charge in [0.1, 0.15) is 12.1 Å². The molecule has 20 heavy (non-hydrogen) atoms. The second-order valence-corrected chi connectivity index (χ2v) is 6.06. The van der Waals surface area contributed by atoms with Gasteiger partial charge in [-0.25, -0.2) is 4.98 Å². The smallest absolute Gasteiger partial charge is 0.151 e. The van der Waals surface area contributed by atoms with E-state index in [1.807, 2.05) is 7.05 Å². The molecule has 0 unspecified atom stereocenters. The Labute approximate surface area is 135 Å². The van der Waals surface area contributed by atoms with Crippen molar-refractivity contribution in [1.82, 2.24) is 20.1 Å². The highest BCUT2D eigenvalue weighted by Gasteiger charge is 2.07. The van der Waals surface area contributed by atoms with Crippen LogP contribution in [0.3, 0.4) is 0 Å². The number of hydrogen-bond donors (Lipinski definition) is 1. The summed E-state index contributed by atoms with van der Waals surface area (Å²) in [5, 5.41) is 7.62. The molecule has 0 fully saturated rings. The van der Waals surface area contributed by atoms with Crippen LogP contribution in [0.25, 0.3) is 0 Å². The maximum atomic E-state index is 5.28. The zero-order valence-corrected chi connectivity index (χ0v) is 14.5. The minimum atomic E-state index is 0.786. The van der Waals surface area contributed by atoms with Crippen LogP contribution in [0.2, 0.25) is 0 Å². The van der Waals surface area contributed by atoms with Crippen molar-refractivity contribution in [3.8, 4) is 5.75 Å². The Bertz CT molecular complexity index is 562. The van der Waals surface area contributed by atoms with E-state index in [2.05, 4.69) is 59.4 Å². The van der Waals surface area contributed by atoms with E-state index in [1.165, 1.54) is 5.56 Å². The van der Waals surface area contributed by atoms with Crippen LogP contribution in [0.1, 0.15) is 11.4 Å². The van der Waals surface area contributed by atoms with Gasteiger partial charge in [-0.3, -0.25) is 4.68 Å². The lowest BCUT2D eigenvalue weighted by atomic mass is 10.2. The van der Waals surface area contributed by atoms with E-state index < -0.39 is 0 Å². The number of methoxy groups -OCH3 is 1. The minimum absolute atomic E-state index is 0.786. The van der Waals surface area contributed by atoms with Crippen molar-refractivity contribution in [3.63, 3.8) is 0 Å². The fourth-order valence-electron chi connectivity index (χ4n) is 1.84. The lowest BCUT2D eigenvalue weighted by Crippen LogP contribution is -2.17. The quantitative estimate of drug-likeness (QED) is 0.753. The van der Waals surface area contributed by atoms with Gasteiger partial charge in [-0.2, -0.15) is 5.10 Å². The predicted molar refractivity (Wildman–Crippen MR) is 84.8 cm³/mol. The van der Waals surface area contributed by atoms with Gasteiger partial charge >= 0.3 is 0 Å². The highest BCUT2D eigenvalue weighted by Crippen LogP contribution is 2.34. The molecule has 0 aliphatic carbocycles. The average molecular weight is 404 g/mol. The molecule has 0 aliphatic heterocycles. The molecule has 0 radical (unpaired) electrons. The van der Waals surface area contributed by atoms with Gasteiger partial charge < -0.3 is 10.1 Å². The summed E-state index contributed by atoms with van der Waals surface area (Å²) in [7, 11) is 3.53. The molecule has 7 heteroatoms. The Morgan fingerprint density at radius 3 is 2.55 bits per heavy atom. The summed E-state index contributed by atoms with van der Waals surface area (Å²) in [6.07, 6.45) is 2.53. The first-order chi connectivity index (χ1) is 9.60. The number of hydrogen-bond acceptors (Lipinski definition) is 4. The third-order valence-electron chi connectivity index (χ3n) is 2.76. The minimum Gasteiger partial charge on any atom is -0.494 e. The monoisotopic (exact) mass is 402 g/mol. The normalized spacial score (nSPS) is 10.8. The molecule has 2 rings (SSSR count). The molecule has 1 aromatic carbocycles. The van der Waals surface area contributed by atoms with Crippen LogP contribution in [0.5, 0.6) is 5.75 Å². The van der Waals surface area contributed by atoms with Crippen LogP contribution in [0, 0.1) is 0 Å². The maximum Gasteiger partial charge on any atom is 0.151 e. The van der Waals surface area contributed by atoms with E-state index >= 15 is 0 Å². The fourth-order valence-corrected chi connectivity index (χ4v) is 3.45. The van der Waals surface area contributed by atoms with Crippen LogP contribution < -0.4 is 10.1 Å². The van der Waals surface area contributed by atoms with Gasteiger partial charge in [-0.15, -0.1) is 0 Å². The van der Waals surface area contributed by atoms with Gasteiger partial charge in [0, 0.05) is 26.6 Å². The fraction of sp³-hybridized carbons (Fsp3) is 0.385. The second-order valence-electron chi connectivity index (χ2n) is 4.35. The van der Waals surface area contributed by atoms with Gasteiger partial charge in [-0.1, -0.05) is 0 Å². The van der Waals surface area contributed by atoms with E-state index in [9.17, 15) is 0 Å². The van der Waals surface area contributed by atoms with E-state index in [1.54, 1.807) is 18.1 Å². The summed E-state index contributed by atoms with van der Waals surface area (Å²) in [6, 6.07) is 4.10. The number of aromatic nitrogens is 3. The van der Waals surface area contributed by atoms with Crippen molar-refractivity contribution in [3.05, 3.63) is 38.8 Å². The van der Waals surface area contributed by atoms with Crippen LogP contribution in [0.15, 0.2) is 27.4 Å². The molecule has 0 saturated carbocycles. The van der Waals surface area contributed by atoms with Crippen molar-refractivity contribution in [2.75, 3.05) is 13.7 Å². The highest BCUT2D eigenvalue weighted by atomic mass is 79.9. The third kappa shape index (κ3) is 4.04. The number of rotatable bonds is 6. The van der Waals surface area contributed by atoms with Gasteiger partial charge in [0.15, 0.2) is 5.82 Å². The Morgan fingerprint density at radius 2 is 2.00 bits per heavy atom. The molecule has 1 heterocycles. The van der Waals surface area contributed by atoms with E-state index in [0.717, 1.165) is 40.0 Å². The molecule has 0 bridgehead atoms. The zero-order chi connectivity index (χ0) is 14.5. The number of nitrogens with zero attached hydrogens (tertiary/aromatic N) is 3. The van der Waals surface area contributed by atoms with Crippen molar-refractivity contribution in [1.29, 1.82) is 0 Å². The molecule has 0 saturated heterocycles. The first kappa shape index (κ1) is 15.5. The first-order valence-electron chi connectivity index (χ1n) is 6.17. The van der Waals surface area contributed by atoms with Crippen molar-refractivity contribution in [2.24, 2.45) is 7.05 Å². The van der Waals surface area contributed by atoms with E-state index in [4.69, 9.17) is 4.74 Å².